The maximum Gasteiger partial charge on any atom is 0.142 e. The van der Waals surface area contributed by atoms with E-state index < -0.39 is 0 Å². The van der Waals surface area contributed by atoms with Crippen molar-refractivity contribution in [2.24, 2.45) is 0 Å². The Morgan fingerprint density at radius 1 is 1.41 bits per heavy atom. The first-order valence-corrected chi connectivity index (χ1v) is 6.18. The molecule has 1 heterocycles. The number of hydrogen-bond donors (Lipinski definition) is 0. The number of ether oxygens (including phenoxy) is 1. The number of rotatable bonds is 5. The van der Waals surface area contributed by atoms with Crippen molar-refractivity contribution in [1.82, 2.24) is 4.98 Å². The zero-order valence-electron chi connectivity index (χ0n) is 9.55. The Labute approximate surface area is 104 Å². The van der Waals surface area contributed by atoms with Crippen LogP contribution >= 0.6 is 11.3 Å². The molecule has 0 spiro atoms. The van der Waals surface area contributed by atoms with Gasteiger partial charge in [-0.2, -0.15) is 0 Å². The van der Waals surface area contributed by atoms with Crippen LogP contribution in [0.15, 0.2) is 36.0 Å². The van der Waals surface area contributed by atoms with Crippen LogP contribution in [0.1, 0.15) is 10.4 Å². The van der Waals surface area contributed by atoms with Crippen molar-refractivity contribution < 1.29 is 9.53 Å². The van der Waals surface area contributed by atoms with E-state index in [4.69, 9.17) is 4.74 Å². The summed E-state index contributed by atoms with van der Waals surface area (Å²) < 4.78 is 5.12. The van der Waals surface area contributed by atoms with E-state index in [1.807, 2.05) is 24.3 Å². The molecule has 0 N–H and O–H groups in total. The lowest BCUT2D eigenvalue weighted by Gasteiger charge is -2.03. The molecule has 0 atom stereocenters. The minimum absolute atomic E-state index is 0.197. The summed E-state index contributed by atoms with van der Waals surface area (Å²) in [5.41, 5.74) is 2.73. The van der Waals surface area contributed by atoms with Gasteiger partial charge in [-0.3, -0.25) is 9.78 Å². The summed E-state index contributed by atoms with van der Waals surface area (Å²) in [6, 6.07) is 7.60. The van der Waals surface area contributed by atoms with Gasteiger partial charge in [0.05, 0.1) is 12.6 Å². The summed E-state index contributed by atoms with van der Waals surface area (Å²) in [6.07, 6.45) is 2.64. The van der Waals surface area contributed by atoms with Crippen LogP contribution in [0.25, 0.3) is 0 Å². The molecule has 0 saturated heterocycles. The van der Waals surface area contributed by atoms with Crippen LogP contribution in [-0.2, 0) is 17.6 Å². The lowest BCUT2D eigenvalue weighted by Crippen LogP contribution is -2.05. The van der Waals surface area contributed by atoms with Crippen LogP contribution in [0.3, 0.4) is 0 Å². The Hall–Kier alpha value is -1.68. The highest BCUT2D eigenvalue weighted by atomic mass is 32.1. The second kappa shape index (κ2) is 5.59. The van der Waals surface area contributed by atoms with Gasteiger partial charge in [-0.05, 0) is 17.7 Å². The minimum atomic E-state index is 0.197. The number of nitrogens with zero attached hydrogens (tertiary/aromatic N) is 1. The first kappa shape index (κ1) is 11.8. The first-order valence-electron chi connectivity index (χ1n) is 5.30. The average molecular weight is 247 g/mol. The summed E-state index contributed by atoms with van der Waals surface area (Å²) in [6.45, 7) is 0. The molecule has 88 valence electrons. The third-order valence-electron chi connectivity index (χ3n) is 2.39. The highest BCUT2D eigenvalue weighted by Crippen LogP contribution is 2.14. The van der Waals surface area contributed by atoms with Crippen molar-refractivity contribution in [3.63, 3.8) is 0 Å². The number of thiazole rings is 1. The predicted octanol–water partition coefficient (Wildman–Crippen LogP) is 2.51. The summed E-state index contributed by atoms with van der Waals surface area (Å²) in [4.78, 5) is 16.8. The molecule has 4 heteroatoms. The van der Waals surface area contributed by atoms with Crippen molar-refractivity contribution in [2.45, 2.75) is 12.8 Å². The quantitative estimate of drug-likeness (QED) is 0.815. The second-order valence-electron chi connectivity index (χ2n) is 3.71. The second-order valence-corrected chi connectivity index (χ2v) is 4.68. The van der Waals surface area contributed by atoms with Crippen molar-refractivity contribution in [1.29, 1.82) is 0 Å². The lowest BCUT2D eigenvalue weighted by molar-refractivity contribution is -0.117. The highest BCUT2D eigenvalue weighted by Gasteiger charge is 2.07. The van der Waals surface area contributed by atoms with E-state index in [1.165, 1.54) is 11.3 Å². The van der Waals surface area contributed by atoms with Gasteiger partial charge in [0.25, 0.3) is 0 Å². The van der Waals surface area contributed by atoms with Gasteiger partial charge in [0.15, 0.2) is 0 Å². The maximum atomic E-state index is 11.8. The monoisotopic (exact) mass is 247 g/mol. The molecule has 0 aliphatic carbocycles. The highest BCUT2D eigenvalue weighted by molar-refractivity contribution is 7.09. The van der Waals surface area contributed by atoms with Gasteiger partial charge in [-0.15, -0.1) is 11.3 Å². The Morgan fingerprint density at radius 2 is 2.29 bits per heavy atom. The van der Waals surface area contributed by atoms with E-state index in [-0.39, 0.29) is 5.78 Å². The van der Waals surface area contributed by atoms with Crippen LogP contribution in [0.4, 0.5) is 0 Å². The van der Waals surface area contributed by atoms with E-state index in [2.05, 4.69) is 4.98 Å². The number of benzene rings is 1. The fraction of sp³-hybridized carbons (Fsp3) is 0.231. The van der Waals surface area contributed by atoms with Gasteiger partial charge in [-0.1, -0.05) is 12.1 Å². The molecule has 0 saturated carbocycles. The van der Waals surface area contributed by atoms with E-state index in [9.17, 15) is 4.79 Å². The Morgan fingerprint density at radius 3 is 3.00 bits per heavy atom. The molecule has 1 aromatic heterocycles. The average Bonchev–Trinajstić information content (AvgIpc) is 2.82. The molecule has 3 nitrogen and oxygen atoms in total. The molecule has 2 rings (SSSR count). The number of carbonyl (C=O) groups excluding carboxylic acids is 1. The number of methoxy groups -OCH3 is 1. The summed E-state index contributed by atoms with van der Waals surface area (Å²) >= 11 is 1.51. The number of ketones is 1. The fourth-order valence-electron chi connectivity index (χ4n) is 1.60. The topological polar surface area (TPSA) is 39.2 Å². The van der Waals surface area contributed by atoms with E-state index in [0.717, 1.165) is 16.2 Å². The predicted molar refractivity (Wildman–Crippen MR) is 67.5 cm³/mol. The molecule has 2 aromatic rings. The molecule has 0 bridgehead atoms. The smallest absolute Gasteiger partial charge is 0.142 e. The molecule has 1 aromatic carbocycles. The summed E-state index contributed by atoms with van der Waals surface area (Å²) in [5.74, 6) is 0.982. The van der Waals surface area contributed by atoms with Crippen molar-refractivity contribution in [3.8, 4) is 5.75 Å². The number of hydrogen-bond acceptors (Lipinski definition) is 4. The summed E-state index contributed by atoms with van der Waals surface area (Å²) in [5, 5.41) is 0. The lowest BCUT2D eigenvalue weighted by atomic mass is 10.1. The zero-order chi connectivity index (χ0) is 12.1. The molecule has 0 unspecified atom stereocenters. The largest absolute Gasteiger partial charge is 0.497 e. The molecule has 0 amide bonds. The van der Waals surface area contributed by atoms with Gasteiger partial charge in [-0.25, -0.2) is 0 Å². The van der Waals surface area contributed by atoms with Crippen molar-refractivity contribution in [2.75, 3.05) is 7.11 Å². The molecular formula is C13H13NO2S. The number of Topliss-reactive ketones (excluding diaryl/α,β-unsaturated/α-hetero) is 1. The molecule has 0 aliphatic heterocycles. The van der Waals surface area contributed by atoms with Gasteiger partial charge in [0, 0.05) is 23.9 Å². The van der Waals surface area contributed by atoms with Crippen LogP contribution in [0, 0.1) is 0 Å². The molecule has 0 radical (unpaired) electrons. The third-order valence-corrected chi connectivity index (χ3v) is 3.17. The number of carbonyl (C=O) groups is 1. The van der Waals surface area contributed by atoms with Crippen LogP contribution < -0.4 is 4.74 Å². The third kappa shape index (κ3) is 3.39. The maximum absolute atomic E-state index is 11.8. The Bertz CT molecular complexity index is 494. The van der Waals surface area contributed by atoms with Crippen LogP contribution in [-0.4, -0.2) is 17.9 Å². The van der Waals surface area contributed by atoms with Gasteiger partial charge in [0.1, 0.15) is 11.5 Å². The van der Waals surface area contributed by atoms with E-state index in [0.29, 0.717) is 12.8 Å². The SMILES string of the molecule is COc1cccc(CC(=O)Cc2cncs2)c1. The normalized spacial score (nSPS) is 10.2. The molecule has 0 fully saturated rings. The van der Waals surface area contributed by atoms with Gasteiger partial charge < -0.3 is 4.74 Å². The number of aromatic nitrogens is 1. The minimum Gasteiger partial charge on any atom is -0.497 e. The molecule has 0 aliphatic rings. The van der Waals surface area contributed by atoms with Crippen molar-refractivity contribution in [3.05, 3.63) is 46.4 Å². The first-order chi connectivity index (χ1) is 8.28. The van der Waals surface area contributed by atoms with E-state index in [1.54, 1.807) is 18.8 Å². The standard InChI is InChI=1S/C13H13NO2S/c1-16-12-4-2-3-10(6-12)5-11(15)7-13-8-14-9-17-13/h2-4,6,8-9H,5,7H2,1H3. The van der Waals surface area contributed by atoms with E-state index >= 15 is 0 Å². The Kier molecular flexibility index (Phi) is 3.88. The molecular weight excluding hydrogens is 234 g/mol. The fourth-order valence-corrected chi connectivity index (χ4v) is 2.22. The van der Waals surface area contributed by atoms with Crippen LogP contribution in [0.5, 0.6) is 5.75 Å². The van der Waals surface area contributed by atoms with Gasteiger partial charge in [0.2, 0.25) is 0 Å². The molecule has 17 heavy (non-hydrogen) atoms. The van der Waals surface area contributed by atoms with Crippen LogP contribution in [0.2, 0.25) is 0 Å². The van der Waals surface area contributed by atoms with Crippen molar-refractivity contribution >= 4 is 17.1 Å². The zero-order valence-corrected chi connectivity index (χ0v) is 10.4. The Balaban J connectivity index is 1.98. The summed E-state index contributed by atoms with van der Waals surface area (Å²) in [7, 11) is 1.62. The van der Waals surface area contributed by atoms with Gasteiger partial charge >= 0.3 is 0 Å².